The van der Waals surface area contributed by atoms with Crippen molar-refractivity contribution in [1.82, 2.24) is 4.98 Å². The summed E-state index contributed by atoms with van der Waals surface area (Å²) in [5, 5.41) is 0. The Labute approximate surface area is 68.5 Å². The van der Waals surface area contributed by atoms with Gasteiger partial charge < -0.3 is 0 Å². The van der Waals surface area contributed by atoms with Gasteiger partial charge in [0.1, 0.15) is 0 Å². The molecule has 1 atom stereocenters. The van der Waals surface area contributed by atoms with E-state index >= 15 is 0 Å². The monoisotopic (exact) mass is 149 g/mol. The molecule has 0 radical (unpaired) electrons. The first kappa shape index (κ1) is 8.25. The average Bonchev–Trinajstić information content (AvgIpc) is 2.06. The molecule has 1 aromatic rings. The molecule has 0 spiro atoms. The lowest BCUT2D eigenvalue weighted by Crippen LogP contribution is -1.97. The minimum atomic E-state index is 0.777. The van der Waals surface area contributed by atoms with Crippen LogP contribution in [0.5, 0.6) is 0 Å². The van der Waals surface area contributed by atoms with Gasteiger partial charge in [-0.15, -0.1) is 0 Å². The van der Waals surface area contributed by atoms with Gasteiger partial charge in [-0.2, -0.15) is 0 Å². The van der Waals surface area contributed by atoms with E-state index in [0.717, 1.165) is 12.3 Å². The standard InChI is InChI=1S/C10H15N/c1-3-9(2)7-10-5-4-6-11-8-10/h4-6,8-9H,3,7H2,1-2H3/t9-/m0/s1. The second-order valence-electron chi connectivity index (χ2n) is 3.08. The molecule has 0 amide bonds. The van der Waals surface area contributed by atoms with Crippen molar-refractivity contribution in [3.63, 3.8) is 0 Å². The van der Waals surface area contributed by atoms with Crippen LogP contribution in [-0.2, 0) is 6.42 Å². The molecule has 1 heterocycles. The van der Waals surface area contributed by atoms with Gasteiger partial charge in [-0.25, -0.2) is 0 Å². The predicted octanol–water partition coefficient (Wildman–Crippen LogP) is 2.67. The van der Waals surface area contributed by atoms with E-state index in [1.165, 1.54) is 12.0 Å². The fourth-order valence-corrected chi connectivity index (χ4v) is 1.07. The van der Waals surface area contributed by atoms with E-state index in [2.05, 4.69) is 24.9 Å². The Morgan fingerprint density at radius 1 is 1.55 bits per heavy atom. The van der Waals surface area contributed by atoms with Gasteiger partial charge in [0.2, 0.25) is 0 Å². The van der Waals surface area contributed by atoms with Gasteiger partial charge in [0.05, 0.1) is 0 Å². The molecular weight excluding hydrogens is 134 g/mol. The Kier molecular flexibility index (Phi) is 3.09. The number of hydrogen-bond acceptors (Lipinski definition) is 1. The van der Waals surface area contributed by atoms with Crippen molar-refractivity contribution in [3.8, 4) is 0 Å². The maximum absolute atomic E-state index is 4.07. The van der Waals surface area contributed by atoms with Gasteiger partial charge in [-0.1, -0.05) is 26.3 Å². The summed E-state index contributed by atoms with van der Waals surface area (Å²) < 4.78 is 0. The lowest BCUT2D eigenvalue weighted by molar-refractivity contribution is 0.559. The lowest BCUT2D eigenvalue weighted by Gasteiger charge is -2.06. The zero-order valence-corrected chi connectivity index (χ0v) is 7.25. The number of nitrogens with zero attached hydrogens (tertiary/aromatic N) is 1. The second-order valence-corrected chi connectivity index (χ2v) is 3.08. The number of pyridine rings is 1. The Bertz CT molecular complexity index is 193. The summed E-state index contributed by atoms with van der Waals surface area (Å²) in [6.45, 7) is 4.49. The van der Waals surface area contributed by atoms with Crippen molar-refractivity contribution in [2.24, 2.45) is 5.92 Å². The molecule has 0 aliphatic rings. The van der Waals surface area contributed by atoms with Crippen LogP contribution in [0.1, 0.15) is 25.8 Å². The smallest absolute Gasteiger partial charge is 0.0299 e. The van der Waals surface area contributed by atoms with Crippen molar-refractivity contribution < 1.29 is 0 Å². The zero-order chi connectivity index (χ0) is 8.10. The van der Waals surface area contributed by atoms with Gasteiger partial charge in [0, 0.05) is 12.4 Å². The van der Waals surface area contributed by atoms with E-state index in [-0.39, 0.29) is 0 Å². The van der Waals surface area contributed by atoms with E-state index in [9.17, 15) is 0 Å². The summed E-state index contributed by atoms with van der Waals surface area (Å²) in [4.78, 5) is 4.07. The molecular formula is C10H15N. The molecule has 0 bridgehead atoms. The zero-order valence-electron chi connectivity index (χ0n) is 7.25. The first-order chi connectivity index (χ1) is 5.33. The Morgan fingerprint density at radius 2 is 2.36 bits per heavy atom. The maximum atomic E-state index is 4.07. The molecule has 60 valence electrons. The molecule has 1 heteroatoms. The van der Waals surface area contributed by atoms with E-state index < -0.39 is 0 Å². The van der Waals surface area contributed by atoms with Crippen LogP contribution in [0.25, 0.3) is 0 Å². The highest BCUT2D eigenvalue weighted by Gasteiger charge is 1.99. The second kappa shape index (κ2) is 4.12. The topological polar surface area (TPSA) is 12.9 Å². The highest BCUT2D eigenvalue weighted by atomic mass is 14.6. The minimum Gasteiger partial charge on any atom is -0.264 e. The van der Waals surface area contributed by atoms with E-state index in [4.69, 9.17) is 0 Å². The van der Waals surface area contributed by atoms with Crippen molar-refractivity contribution in [2.75, 3.05) is 0 Å². The van der Waals surface area contributed by atoms with Crippen molar-refractivity contribution in [1.29, 1.82) is 0 Å². The number of aromatic nitrogens is 1. The molecule has 0 aliphatic heterocycles. The van der Waals surface area contributed by atoms with Crippen molar-refractivity contribution in [3.05, 3.63) is 30.1 Å². The summed E-state index contributed by atoms with van der Waals surface area (Å²) in [5.74, 6) is 0.777. The van der Waals surface area contributed by atoms with Crippen LogP contribution >= 0.6 is 0 Å². The quantitative estimate of drug-likeness (QED) is 0.644. The fraction of sp³-hybridized carbons (Fsp3) is 0.500. The molecule has 1 nitrogen and oxygen atoms in total. The molecule has 0 N–H and O–H groups in total. The predicted molar refractivity (Wildman–Crippen MR) is 47.4 cm³/mol. The number of hydrogen-bond donors (Lipinski definition) is 0. The summed E-state index contributed by atoms with van der Waals surface area (Å²) in [6.07, 6.45) is 6.17. The average molecular weight is 149 g/mol. The van der Waals surface area contributed by atoms with Crippen LogP contribution in [0.3, 0.4) is 0 Å². The van der Waals surface area contributed by atoms with Crippen LogP contribution in [0.2, 0.25) is 0 Å². The van der Waals surface area contributed by atoms with E-state index in [1.54, 1.807) is 0 Å². The fourth-order valence-electron chi connectivity index (χ4n) is 1.07. The van der Waals surface area contributed by atoms with Gasteiger partial charge in [-0.05, 0) is 24.0 Å². The third-order valence-electron chi connectivity index (χ3n) is 2.00. The van der Waals surface area contributed by atoms with Gasteiger partial charge >= 0.3 is 0 Å². The van der Waals surface area contributed by atoms with Gasteiger partial charge in [0.25, 0.3) is 0 Å². The Balaban J connectivity index is 2.51. The lowest BCUT2D eigenvalue weighted by atomic mass is 10.0. The van der Waals surface area contributed by atoms with Crippen LogP contribution in [0.15, 0.2) is 24.5 Å². The Morgan fingerprint density at radius 3 is 2.91 bits per heavy atom. The highest BCUT2D eigenvalue weighted by molar-refractivity contribution is 5.08. The van der Waals surface area contributed by atoms with Crippen LogP contribution in [0.4, 0.5) is 0 Å². The molecule has 0 aliphatic carbocycles. The van der Waals surface area contributed by atoms with E-state index in [1.807, 2.05) is 18.5 Å². The largest absolute Gasteiger partial charge is 0.264 e. The third-order valence-corrected chi connectivity index (χ3v) is 2.00. The Hall–Kier alpha value is -0.850. The normalized spacial score (nSPS) is 12.9. The van der Waals surface area contributed by atoms with Crippen molar-refractivity contribution >= 4 is 0 Å². The molecule has 0 saturated carbocycles. The van der Waals surface area contributed by atoms with Crippen molar-refractivity contribution in [2.45, 2.75) is 26.7 Å². The molecule has 0 unspecified atom stereocenters. The molecule has 0 fully saturated rings. The summed E-state index contributed by atoms with van der Waals surface area (Å²) in [6, 6.07) is 4.14. The molecule has 1 rings (SSSR count). The van der Waals surface area contributed by atoms with Gasteiger partial charge in [-0.3, -0.25) is 4.98 Å². The van der Waals surface area contributed by atoms with Gasteiger partial charge in [0.15, 0.2) is 0 Å². The highest BCUT2D eigenvalue weighted by Crippen LogP contribution is 2.09. The molecule has 0 aromatic carbocycles. The summed E-state index contributed by atoms with van der Waals surface area (Å²) in [5.41, 5.74) is 1.35. The third kappa shape index (κ3) is 2.71. The summed E-state index contributed by atoms with van der Waals surface area (Å²) in [7, 11) is 0. The molecule has 1 aromatic heterocycles. The van der Waals surface area contributed by atoms with Crippen LogP contribution < -0.4 is 0 Å². The maximum Gasteiger partial charge on any atom is 0.0299 e. The molecule has 11 heavy (non-hydrogen) atoms. The van der Waals surface area contributed by atoms with Crippen LogP contribution in [0, 0.1) is 5.92 Å². The summed E-state index contributed by atoms with van der Waals surface area (Å²) >= 11 is 0. The first-order valence-corrected chi connectivity index (χ1v) is 4.21. The minimum absolute atomic E-state index is 0.777. The van der Waals surface area contributed by atoms with Crippen LogP contribution in [-0.4, -0.2) is 4.98 Å². The van der Waals surface area contributed by atoms with E-state index in [0.29, 0.717) is 0 Å². The first-order valence-electron chi connectivity index (χ1n) is 4.21. The SMILES string of the molecule is CC[C@H](C)Cc1cccnc1. The molecule has 0 saturated heterocycles. The number of rotatable bonds is 3.